The molecule has 1 aromatic heterocycles. The Morgan fingerprint density at radius 3 is 2.44 bits per heavy atom. The zero-order valence-corrected chi connectivity index (χ0v) is 10.3. The molecule has 0 aromatic carbocycles. The Balaban J connectivity index is 2.30. The van der Waals surface area contributed by atoms with Crippen molar-refractivity contribution in [3.05, 3.63) is 30.1 Å². The van der Waals surface area contributed by atoms with E-state index in [9.17, 15) is 4.79 Å². The molecule has 2 nitrogen and oxygen atoms in total. The van der Waals surface area contributed by atoms with Crippen LogP contribution in [0.1, 0.15) is 45.1 Å². The Bertz CT molecular complexity index is 304. The largest absolute Gasteiger partial charge is 0.300 e. The van der Waals surface area contributed by atoms with Crippen molar-refractivity contribution in [2.45, 2.75) is 46.0 Å². The summed E-state index contributed by atoms with van der Waals surface area (Å²) in [6.07, 6.45) is 8.04. The van der Waals surface area contributed by atoms with E-state index in [1.54, 1.807) is 12.4 Å². The molecule has 1 heterocycles. The number of hydrogen-bond donors (Lipinski definition) is 0. The van der Waals surface area contributed by atoms with Crippen LogP contribution in [0.15, 0.2) is 24.5 Å². The lowest BCUT2D eigenvalue weighted by atomic mass is 9.94. The van der Waals surface area contributed by atoms with E-state index in [2.05, 4.69) is 18.8 Å². The van der Waals surface area contributed by atoms with Gasteiger partial charge in [-0.1, -0.05) is 26.7 Å². The van der Waals surface area contributed by atoms with Gasteiger partial charge in [-0.3, -0.25) is 9.78 Å². The van der Waals surface area contributed by atoms with E-state index in [4.69, 9.17) is 0 Å². The van der Waals surface area contributed by atoms with Crippen molar-refractivity contribution in [3.8, 4) is 0 Å². The quantitative estimate of drug-likeness (QED) is 0.703. The molecule has 0 saturated heterocycles. The first-order chi connectivity index (χ1) is 7.76. The first-order valence-corrected chi connectivity index (χ1v) is 6.16. The molecule has 0 radical (unpaired) electrons. The van der Waals surface area contributed by atoms with Gasteiger partial charge in [0.05, 0.1) is 0 Å². The number of aryl methyl sites for hydroxylation is 1. The lowest BCUT2D eigenvalue weighted by Crippen LogP contribution is -2.07. The summed E-state index contributed by atoms with van der Waals surface area (Å²) in [6, 6.07) is 3.95. The summed E-state index contributed by atoms with van der Waals surface area (Å²) in [6.45, 7) is 4.31. The number of ketones is 1. The molecule has 0 fully saturated rings. The van der Waals surface area contributed by atoms with Crippen molar-refractivity contribution >= 4 is 5.78 Å². The zero-order valence-electron chi connectivity index (χ0n) is 10.3. The monoisotopic (exact) mass is 219 g/mol. The minimum atomic E-state index is 0.394. The number of nitrogens with zero attached hydrogens (tertiary/aromatic N) is 1. The van der Waals surface area contributed by atoms with Crippen molar-refractivity contribution in [3.63, 3.8) is 0 Å². The fourth-order valence-corrected chi connectivity index (χ4v) is 1.83. The highest BCUT2D eigenvalue weighted by Gasteiger charge is 2.09. The van der Waals surface area contributed by atoms with Gasteiger partial charge in [0.2, 0.25) is 0 Å². The predicted molar refractivity (Wildman–Crippen MR) is 66.3 cm³/mol. The third-order valence-electron chi connectivity index (χ3n) is 3.11. The van der Waals surface area contributed by atoms with Crippen molar-refractivity contribution in [2.24, 2.45) is 5.92 Å². The molecule has 0 N–H and O–H groups in total. The summed E-state index contributed by atoms with van der Waals surface area (Å²) in [7, 11) is 0. The summed E-state index contributed by atoms with van der Waals surface area (Å²) in [5, 5.41) is 0. The van der Waals surface area contributed by atoms with Crippen LogP contribution in [-0.4, -0.2) is 10.8 Å². The number of Topliss-reactive ketones (excluding diaryl/α,β-unsaturated/α-hetero) is 1. The van der Waals surface area contributed by atoms with E-state index >= 15 is 0 Å². The molecule has 0 spiro atoms. The average molecular weight is 219 g/mol. The van der Waals surface area contributed by atoms with Gasteiger partial charge in [0.15, 0.2) is 0 Å². The maximum atomic E-state index is 11.7. The summed E-state index contributed by atoms with van der Waals surface area (Å²) in [4.78, 5) is 15.7. The Labute approximate surface area is 98.1 Å². The topological polar surface area (TPSA) is 30.0 Å². The molecule has 0 unspecified atom stereocenters. The molecule has 0 saturated carbocycles. The van der Waals surface area contributed by atoms with Gasteiger partial charge in [-0.25, -0.2) is 0 Å². The first kappa shape index (κ1) is 12.9. The maximum Gasteiger partial charge on any atom is 0.133 e. The van der Waals surface area contributed by atoms with E-state index < -0.39 is 0 Å². The van der Waals surface area contributed by atoms with E-state index in [0.29, 0.717) is 18.1 Å². The van der Waals surface area contributed by atoms with Gasteiger partial charge in [0, 0.05) is 25.2 Å². The van der Waals surface area contributed by atoms with Gasteiger partial charge in [-0.15, -0.1) is 0 Å². The molecular weight excluding hydrogens is 198 g/mol. The van der Waals surface area contributed by atoms with Crippen LogP contribution in [0, 0.1) is 5.92 Å². The second-order valence-corrected chi connectivity index (χ2v) is 4.28. The summed E-state index contributed by atoms with van der Waals surface area (Å²) in [5.74, 6) is 0.968. The smallest absolute Gasteiger partial charge is 0.133 e. The standard InChI is InChI=1S/C14H21NO/c1-3-12(4-2)11-14(16)6-5-13-7-9-15-10-8-13/h7-10,12H,3-6,11H2,1-2H3. The summed E-state index contributed by atoms with van der Waals surface area (Å²) < 4.78 is 0. The molecule has 0 atom stereocenters. The van der Waals surface area contributed by atoms with E-state index in [0.717, 1.165) is 25.7 Å². The molecule has 0 aliphatic carbocycles. The number of carbonyl (C=O) groups excluding carboxylic acids is 1. The van der Waals surface area contributed by atoms with Crippen LogP contribution in [-0.2, 0) is 11.2 Å². The molecule has 1 aromatic rings. The Kier molecular flexibility index (Phi) is 5.76. The molecule has 0 amide bonds. The second kappa shape index (κ2) is 7.15. The molecular formula is C14H21NO. The Hall–Kier alpha value is -1.18. The van der Waals surface area contributed by atoms with E-state index in [-0.39, 0.29) is 0 Å². The molecule has 16 heavy (non-hydrogen) atoms. The average Bonchev–Trinajstić information content (AvgIpc) is 2.34. The Morgan fingerprint density at radius 2 is 1.88 bits per heavy atom. The van der Waals surface area contributed by atoms with E-state index in [1.807, 2.05) is 12.1 Å². The number of carbonyl (C=O) groups is 1. The van der Waals surface area contributed by atoms with E-state index in [1.165, 1.54) is 5.56 Å². The third-order valence-corrected chi connectivity index (χ3v) is 3.11. The van der Waals surface area contributed by atoms with Gasteiger partial charge >= 0.3 is 0 Å². The molecule has 2 heteroatoms. The highest BCUT2D eigenvalue weighted by atomic mass is 16.1. The van der Waals surface area contributed by atoms with Crippen LogP contribution >= 0.6 is 0 Å². The van der Waals surface area contributed by atoms with Gasteiger partial charge in [0.25, 0.3) is 0 Å². The van der Waals surface area contributed by atoms with Crippen LogP contribution in [0.3, 0.4) is 0 Å². The van der Waals surface area contributed by atoms with Crippen LogP contribution < -0.4 is 0 Å². The highest BCUT2D eigenvalue weighted by molar-refractivity contribution is 5.78. The van der Waals surface area contributed by atoms with Gasteiger partial charge in [0.1, 0.15) is 5.78 Å². The van der Waals surface area contributed by atoms with Crippen molar-refractivity contribution in [1.82, 2.24) is 4.98 Å². The van der Waals surface area contributed by atoms with Gasteiger partial charge in [-0.05, 0) is 30.0 Å². The Morgan fingerprint density at radius 1 is 1.25 bits per heavy atom. The molecule has 0 aliphatic rings. The van der Waals surface area contributed by atoms with Crippen LogP contribution in [0.2, 0.25) is 0 Å². The number of aromatic nitrogens is 1. The molecule has 88 valence electrons. The van der Waals surface area contributed by atoms with Crippen LogP contribution in [0.4, 0.5) is 0 Å². The maximum absolute atomic E-state index is 11.7. The third kappa shape index (κ3) is 4.56. The second-order valence-electron chi connectivity index (χ2n) is 4.28. The lowest BCUT2D eigenvalue weighted by Gasteiger charge is -2.10. The first-order valence-electron chi connectivity index (χ1n) is 6.16. The summed E-state index contributed by atoms with van der Waals surface area (Å²) >= 11 is 0. The molecule has 0 aliphatic heterocycles. The number of hydrogen-bond acceptors (Lipinski definition) is 2. The van der Waals surface area contributed by atoms with Gasteiger partial charge in [-0.2, -0.15) is 0 Å². The minimum absolute atomic E-state index is 0.394. The molecule has 0 bridgehead atoms. The van der Waals surface area contributed by atoms with Crippen LogP contribution in [0.25, 0.3) is 0 Å². The number of pyridine rings is 1. The number of rotatable bonds is 7. The van der Waals surface area contributed by atoms with Crippen molar-refractivity contribution in [1.29, 1.82) is 0 Å². The van der Waals surface area contributed by atoms with Crippen molar-refractivity contribution in [2.75, 3.05) is 0 Å². The lowest BCUT2D eigenvalue weighted by molar-refractivity contribution is -0.120. The summed E-state index contributed by atoms with van der Waals surface area (Å²) in [5.41, 5.74) is 1.20. The fraction of sp³-hybridized carbons (Fsp3) is 0.571. The SMILES string of the molecule is CCC(CC)CC(=O)CCc1ccncc1. The normalized spacial score (nSPS) is 10.7. The molecule has 1 rings (SSSR count). The minimum Gasteiger partial charge on any atom is -0.300 e. The van der Waals surface area contributed by atoms with Crippen molar-refractivity contribution < 1.29 is 4.79 Å². The highest BCUT2D eigenvalue weighted by Crippen LogP contribution is 2.14. The zero-order chi connectivity index (χ0) is 11.8. The van der Waals surface area contributed by atoms with Gasteiger partial charge < -0.3 is 0 Å². The van der Waals surface area contributed by atoms with Crippen LogP contribution in [0.5, 0.6) is 0 Å². The predicted octanol–water partition coefficient (Wildman–Crippen LogP) is 3.41. The fourth-order valence-electron chi connectivity index (χ4n) is 1.83.